The first-order valence-corrected chi connectivity index (χ1v) is 6.31. The molecule has 2 aromatic heterocycles. The Bertz CT molecular complexity index is 617. The van der Waals surface area contributed by atoms with E-state index in [2.05, 4.69) is 20.4 Å². The van der Waals surface area contributed by atoms with Crippen molar-refractivity contribution >= 4 is 11.6 Å². The first-order chi connectivity index (χ1) is 9.47. The molecule has 0 spiro atoms. The Hall–Kier alpha value is -2.44. The molecule has 0 atom stereocenters. The first-order valence-electron chi connectivity index (χ1n) is 6.31. The number of amides is 1. The summed E-state index contributed by atoms with van der Waals surface area (Å²) in [7, 11) is 0. The number of hydrogen-bond acceptors (Lipinski definition) is 5. The Labute approximate surface area is 117 Å². The number of rotatable bonds is 4. The van der Waals surface area contributed by atoms with Crippen LogP contribution in [0.1, 0.15) is 22.8 Å². The topological polar surface area (TPSA) is 98.7 Å². The highest BCUT2D eigenvalue weighted by Gasteiger charge is 2.11. The largest absolute Gasteiger partial charge is 0.396 e. The van der Waals surface area contributed by atoms with Crippen LogP contribution in [0.5, 0.6) is 0 Å². The number of anilines is 1. The molecular formula is C13H18N6O. The van der Waals surface area contributed by atoms with Crippen LogP contribution in [0.3, 0.4) is 0 Å². The number of nitrogen functional groups attached to an aromatic ring is 1. The SMILES string of the molecule is Cc1cnc(CNC(=O)Cn2nc(C)c(N)c2C)cn1. The quantitative estimate of drug-likeness (QED) is 0.845. The fourth-order valence-corrected chi connectivity index (χ4v) is 1.76. The monoisotopic (exact) mass is 274 g/mol. The molecule has 2 rings (SSSR count). The van der Waals surface area contributed by atoms with Gasteiger partial charge in [0.05, 0.1) is 41.2 Å². The van der Waals surface area contributed by atoms with Gasteiger partial charge in [-0.15, -0.1) is 0 Å². The van der Waals surface area contributed by atoms with Gasteiger partial charge in [0.2, 0.25) is 5.91 Å². The number of carbonyl (C=O) groups is 1. The smallest absolute Gasteiger partial charge is 0.242 e. The lowest BCUT2D eigenvalue weighted by Crippen LogP contribution is -2.28. The number of nitrogens with zero attached hydrogens (tertiary/aromatic N) is 4. The van der Waals surface area contributed by atoms with E-state index in [1.54, 1.807) is 17.1 Å². The van der Waals surface area contributed by atoms with Crippen molar-refractivity contribution < 1.29 is 4.79 Å². The Morgan fingerprint density at radius 1 is 1.30 bits per heavy atom. The van der Waals surface area contributed by atoms with E-state index in [9.17, 15) is 4.79 Å². The molecule has 7 nitrogen and oxygen atoms in total. The van der Waals surface area contributed by atoms with Gasteiger partial charge in [-0.25, -0.2) is 0 Å². The van der Waals surface area contributed by atoms with Crippen molar-refractivity contribution in [2.45, 2.75) is 33.9 Å². The average Bonchev–Trinajstić information content (AvgIpc) is 2.66. The molecule has 0 fully saturated rings. The molecule has 0 bridgehead atoms. The van der Waals surface area contributed by atoms with Crippen LogP contribution in [0.2, 0.25) is 0 Å². The van der Waals surface area contributed by atoms with E-state index in [-0.39, 0.29) is 12.5 Å². The minimum atomic E-state index is -0.141. The lowest BCUT2D eigenvalue weighted by Gasteiger charge is -2.06. The number of nitrogens with one attached hydrogen (secondary N) is 1. The van der Waals surface area contributed by atoms with E-state index in [0.717, 1.165) is 22.8 Å². The van der Waals surface area contributed by atoms with Crippen LogP contribution in [0.15, 0.2) is 12.4 Å². The maximum Gasteiger partial charge on any atom is 0.242 e. The summed E-state index contributed by atoms with van der Waals surface area (Å²) < 4.78 is 1.60. The minimum Gasteiger partial charge on any atom is -0.396 e. The number of aromatic nitrogens is 4. The lowest BCUT2D eigenvalue weighted by molar-refractivity contribution is -0.122. The summed E-state index contributed by atoms with van der Waals surface area (Å²) in [4.78, 5) is 20.2. The predicted octanol–water partition coefficient (Wildman–Crippen LogP) is 0.497. The second kappa shape index (κ2) is 5.68. The van der Waals surface area contributed by atoms with Crippen LogP contribution >= 0.6 is 0 Å². The number of carbonyl (C=O) groups excluding carboxylic acids is 1. The van der Waals surface area contributed by atoms with Gasteiger partial charge in [-0.3, -0.25) is 19.4 Å². The fraction of sp³-hybridized carbons (Fsp3) is 0.385. The predicted molar refractivity (Wildman–Crippen MR) is 74.7 cm³/mol. The van der Waals surface area contributed by atoms with Crippen LogP contribution in [0.4, 0.5) is 5.69 Å². The molecule has 0 saturated carbocycles. The van der Waals surface area contributed by atoms with Crippen LogP contribution in [-0.4, -0.2) is 25.7 Å². The van der Waals surface area contributed by atoms with Crippen molar-refractivity contribution in [2.75, 3.05) is 5.73 Å². The normalized spacial score (nSPS) is 10.6. The van der Waals surface area contributed by atoms with Crippen LogP contribution in [-0.2, 0) is 17.9 Å². The zero-order chi connectivity index (χ0) is 14.7. The summed E-state index contributed by atoms with van der Waals surface area (Å²) in [6.07, 6.45) is 3.32. The van der Waals surface area contributed by atoms with Crippen LogP contribution < -0.4 is 11.1 Å². The summed E-state index contributed by atoms with van der Waals surface area (Å²) in [5, 5.41) is 7.00. The fourth-order valence-electron chi connectivity index (χ4n) is 1.76. The summed E-state index contributed by atoms with van der Waals surface area (Å²) in [5.74, 6) is -0.141. The molecule has 0 aliphatic heterocycles. The van der Waals surface area contributed by atoms with Gasteiger partial charge in [0.25, 0.3) is 0 Å². The molecule has 106 valence electrons. The molecule has 0 saturated heterocycles. The van der Waals surface area contributed by atoms with E-state index in [4.69, 9.17) is 5.73 Å². The van der Waals surface area contributed by atoms with Gasteiger partial charge >= 0.3 is 0 Å². The van der Waals surface area contributed by atoms with E-state index in [1.165, 1.54) is 0 Å². The first kappa shape index (κ1) is 14.0. The second-order valence-corrected chi connectivity index (χ2v) is 4.67. The van der Waals surface area contributed by atoms with E-state index in [0.29, 0.717) is 12.2 Å². The Balaban J connectivity index is 1.92. The number of nitrogens with two attached hydrogens (primary N) is 1. The number of aryl methyl sites for hydroxylation is 2. The van der Waals surface area contributed by atoms with Gasteiger partial charge in [-0.2, -0.15) is 5.10 Å². The minimum absolute atomic E-state index is 0.141. The second-order valence-electron chi connectivity index (χ2n) is 4.67. The van der Waals surface area contributed by atoms with Gasteiger partial charge in [0, 0.05) is 6.20 Å². The van der Waals surface area contributed by atoms with Gasteiger partial charge in [-0.05, 0) is 20.8 Å². The molecule has 7 heteroatoms. The summed E-state index contributed by atoms with van der Waals surface area (Å²) in [5.41, 5.74) is 9.55. The Morgan fingerprint density at radius 2 is 2.05 bits per heavy atom. The van der Waals surface area contributed by atoms with Crippen LogP contribution in [0.25, 0.3) is 0 Å². The molecule has 1 amide bonds. The Morgan fingerprint density at radius 3 is 2.60 bits per heavy atom. The molecule has 2 aromatic rings. The molecule has 2 heterocycles. The maximum absolute atomic E-state index is 11.9. The zero-order valence-corrected chi connectivity index (χ0v) is 11.8. The third-order valence-corrected chi connectivity index (χ3v) is 3.03. The molecule has 3 N–H and O–H groups in total. The molecule has 0 aromatic carbocycles. The van der Waals surface area contributed by atoms with E-state index >= 15 is 0 Å². The zero-order valence-electron chi connectivity index (χ0n) is 11.8. The van der Waals surface area contributed by atoms with Crippen molar-refractivity contribution in [1.82, 2.24) is 25.1 Å². The molecule has 0 unspecified atom stereocenters. The van der Waals surface area contributed by atoms with E-state index in [1.807, 2.05) is 20.8 Å². The third kappa shape index (κ3) is 3.11. The molecular weight excluding hydrogens is 256 g/mol. The van der Waals surface area contributed by atoms with Crippen molar-refractivity contribution in [3.63, 3.8) is 0 Å². The lowest BCUT2D eigenvalue weighted by atomic mass is 10.3. The highest BCUT2D eigenvalue weighted by atomic mass is 16.2. The summed E-state index contributed by atoms with van der Waals surface area (Å²) in [6, 6.07) is 0. The highest BCUT2D eigenvalue weighted by Crippen LogP contribution is 2.14. The average molecular weight is 274 g/mol. The maximum atomic E-state index is 11.9. The standard InChI is InChI=1S/C13H18N6O/c1-8-4-16-11(5-15-8)6-17-12(20)7-19-10(3)13(14)9(2)18-19/h4-5H,6-7,14H2,1-3H3,(H,17,20). The van der Waals surface area contributed by atoms with Crippen molar-refractivity contribution in [1.29, 1.82) is 0 Å². The third-order valence-electron chi connectivity index (χ3n) is 3.03. The van der Waals surface area contributed by atoms with Gasteiger partial charge < -0.3 is 11.1 Å². The Kier molecular flexibility index (Phi) is 3.97. The molecule has 0 radical (unpaired) electrons. The van der Waals surface area contributed by atoms with Gasteiger partial charge in [0.1, 0.15) is 6.54 Å². The van der Waals surface area contributed by atoms with Crippen molar-refractivity contribution in [3.8, 4) is 0 Å². The van der Waals surface area contributed by atoms with E-state index < -0.39 is 0 Å². The van der Waals surface area contributed by atoms with Crippen LogP contribution in [0, 0.1) is 20.8 Å². The highest BCUT2D eigenvalue weighted by molar-refractivity contribution is 5.75. The van der Waals surface area contributed by atoms with Gasteiger partial charge in [0.15, 0.2) is 0 Å². The van der Waals surface area contributed by atoms with Gasteiger partial charge in [-0.1, -0.05) is 0 Å². The number of hydrogen-bond donors (Lipinski definition) is 2. The molecule has 20 heavy (non-hydrogen) atoms. The molecule has 0 aliphatic rings. The summed E-state index contributed by atoms with van der Waals surface area (Å²) >= 11 is 0. The van der Waals surface area contributed by atoms with Crippen molar-refractivity contribution in [2.24, 2.45) is 0 Å². The van der Waals surface area contributed by atoms with Crippen molar-refractivity contribution in [3.05, 3.63) is 35.2 Å². The molecule has 0 aliphatic carbocycles. The summed E-state index contributed by atoms with van der Waals surface area (Å²) in [6.45, 7) is 6.01.